The van der Waals surface area contributed by atoms with Crippen LogP contribution in [0.5, 0.6) is 0 Å². The zero-order valence-corrected chi connectivity index (χ0v) is 10.0. The Labute approximate surface area is 101 Å². The van der Waals surface area contributed by atoms with Crippen molar-refractivity contribution in [1.29, 1.82) is 0 Å². The summed E-state index contributed by atoms with van der Waals surface area (Å²) in [4.78, 5) is 24.0. The van der Waals surface area contributed by atoms with Crippen LogP contribution < -0.4 is 5.32 Å². The van der Waals surface area contributed by atoms with Gasteiger partial charge in [0.1, 0.15) is 11.2 Å². The molecule has 0 saturated heterocycles. The van der Waals surface area contributed by atoms with Crippen LogP contribution >= 0.6 is 0 Å². The summed E-state index contributed by atoms with van der Waals surface area (Å²) in [5.74, 6) is -0.155. The van der Waals surface area contributed by atoms with E-state index in [4.69, 9.17) is 0 Å². The van der Waals surface area contributed by atoms with Gasteiger partial charge in [-0.3, -0.25) is 9.59 Å². The number of carbonyl (C=O) groups is 2. The number of rotatable bonds is 3. The van der Waals surface area contributed by atoms with Crippen molar-refractivity contribution in [3.05, 3.63) is 30.3 Å². The van der Waals surface area contributed by atoms with E-state index >= 15 is 0 Å². The topological polar surface area (TPSA) is 46.2 Å². The largest absolute Gasteiger partial charge is 0.325 e. The molecule has 0 radical (unpaired) electrons. The average molecular weight is 231 g/mol. The Bertz CT molecular complexity index is 419. The van der Waals surface area contributed by atoms with Gasteiger partial charge in [0.15, 0.2) is 0 Å². The van der Waals surface area contributed by atoms with Crippen LogP contribution in [0.1, 0.15) is 32.6 Å². The molecule has 1 amide bonds. The standard InChI is InChI=1S/C14H17NO2/c1-11(16)14(9-5-6-10-14)13(17)15-12-7-3-2-4-8-12/h2-4,7-8H,5-6,9-10H2,1H3,(H,15,17). The molecule has 0 atom stereocenters. The molecule has 1 aromatic rings. The molecule has 0 spiro atoms. The summed E-state index contributed by atoms with van der Waals surface area (Å²) in [5.41, 5.74) is -0.0273. The van der Waals surface area contributed by atoms with Crippen LogP contribution in [0.15, 0.2) is 30.3 Å². The van der Waals surface area contributed by atoms with Crippen LogP contribution in [0, 0.1) is 5.41 Å². The minimum Gasteiger partial charge on any atom is -0.325 e. The third kappa shape index (κ3) is 2.23. The number of carbonyl (C=O) groups excluding carboxylic acids is 2. The maximum Gasteiger partial charge on any atom is 0.238 e. The van der Waals surface area contributed by atoms with Gasteiger partial charge in [-0.2, -0.15) is 0 Å². The summed E-state index contributed by atoms with van der Waals surface area (Å²) in [6.07, 6.45) is 3.28. The molecule has 0 unspecified atom stereocenters. The molecule has 0 heterocycles. The molecule has 1 fully saturated rings. The van der Waals surface area contributed by atoms with Gasteiger partial charge in [0, 0.05) is 5.69 Å². The highest BCUT2D eigenvalue weighted by atomic mass is 16.2. The number of anilines is 1. The van der Waals surface area contributed by atoms with Crippen LogP contribution in [0.2, 0.25) is 0 Å². The van der Waals surface area contributed by atoms with E-state index in [9.17, 15) is 9.59 Å². The molecular weight excluding hydrogens is 214 g/mol. The molecule has 1 N–H and O–H groups in total. The van der Waals surface area contributed by atoms with Gasteiger partial charge in [-0.15, -0.1) is 0 Å². The predicted octanol–water partition coefficient (Wildman–Crippen LogP) is 2.77. The first-order chi connectivity index (χ1) is 8.15. The Kier molecular flexibility index (Phi) is 3.27. The lowest BCUT2D eigenvalue weighted by Crippen LogP contribution is -2.39. The zero-order chi connectivity index (χ0) is 12.3. The number of hydrogen-bond donors (Lipinski definition) is 1. The van der Waals surface area contributed by atoms with E-state index in [0.717, 1.165) is 18.5 Å². The number of para-hydroxylation sites is 1. The summed E-state index contributed by atoms with van der Waals surface area (Å²) >= 11 is 0. The van der Waals surface area contributed by atoms with E-state index in [1.165, 1.54) is 6.92 Å². The molecule has 1 aliphatic carbocycles. The molecule has 1 aliphatic rings. The second-order valence-corrected chi connectivity index (χ2v) is 4.67. The molecule has 0 aliphatic heterocycles. The van der Waals surface area contributed by atoms with Crippen molar-refractivity contribution in [3.63, 3.8) is 0 Å². The highest BCUT2D eigenvalue weighted by Gasteiger charge is 2.45. The average Bonchev–Trinajstić information content (AvgIpc) is 2.80. The highest BCUT2D eigenvalue weighted by molar-refractivity contribution is 6.10. The van der Waals surface area contributed by atoms with Gasteiger partial charge in [0.25, 0.3) is 0 Å². The molecule has 3 nitrogen and oxygen atoms in total. The monoisotopic (exact) mass is 231 g/mol. The normalized spacial score (nSPS) is 17.7. The molecule has 90 valence electrons. The number of Topliss-reactive ketones (excluding diaryl/α,β-unsaturated/α-hetero) is 1. The molecule has 0 bridgehead atoms. The first-order valence-electron chi connectivity index (χ1n) is 6.03. The Hall–Kier alpha value is -1.64. The molecule has 0 aromatic heterocycles. The fourth-order valence-electron chi connectivity index (χ4n) is 2.49. The third-order valence-electron chi connectivity index (χ3n) is 3.60. The van der Waals surface area contributed by atoms with Crippen molar-refractivity contribution in [1.82, 2.24) is 0 Å². The Balaban J connectivity index is 2.16. The summed E-state index contributed by atoms with van der Waals surface area (Å²) < 4.78 is 0. The lowest BCUT2D eigenvalue weighted by atomic mass is 9.81. The fraction of sp³-hybridized carbons (Fsp3) is 0.429. The molecule has 3 heteroatoms. The number of nitrogens with one attached hydrogen (secondary N) is 1. The predicted molar refractivity (Wildman–Crippen MR) is 66.7 cm³/mol. The maximum atomic E-state index is 12.2. The molecule has 1 aromatic carbocycles. The lowest BCUT2D eigenvalue weighted by Gasteiger charge is -2.24. The highest BCUT2D eigenvalue weighted by Crippen LogP contribution is 2.39. The summed E-state index contributed by atoms with van der Waals surface area (Å²) in [6, 6.07) is 9.29. The first kappa shape index (κ1) is 11.8. The van der Waals surface area contributed by atoms with E-state index < -0.39 is 5.41 Å². The quantitative estimate of drug-likeness (QED) is 0.813. The van der Waals surface area contributed by atoms with Gasteiger partial charge in [-0.1, -0.05) is 31.0 Å². The maximum absolute atomic E-state index is 12.2. The van der Waals surface area contributed by atoms with E-state index in [0.29, 0.717) is 12.8 Å². The number of hydrogen-bond acceptors (Lipinski definition) is 2. The number of amides is 1. The van der Waals surface area contributed by atoms with Crippen molar-refractivity contribution < 1.29 is 9.59 Å². The Morgan fingerprint density at radius 3 is 2.24 bits per heavy atom. The van der Waals surface area contributed by atoms with E-state index in [2.05, 4.69) is 5.32 Å². The summed E-state index contributed by atoms with van der Waals surface area (Å²) in [5, 5.41) is 2.85. The Morgan fingerprint density at radius 1 is 1.12 bits per heavy atom. The van der Waals surface area contributed by atoms with Gasteiger partial charge >= 0.3 is 0 Å². The fourth-order valence-corrected chi connectivity index (χ4v) is 2.49. The number of ketones is 1. The van der Waals surface area contributed by atoms with E-state index in [-0.39, 0.29) is 11.7 Å². The SMILES string of the molecule is CC(=O)C1(C(=O)Nc2ccccc2)CCCC1. The first-order valence-corrected chi connectivity index (χ1v) is 6.03. The van der Waals surface area contributed by atoms with Crippen molar-refractivity contribution in [2.45, 2.75) is 32.6 Å². The van der Waals surface area contributed by atoms with E-state index in [1.807, 2.05) is 30.3 Å². The minimum absolute atomic E-state index is 0.0107. The molecule has 2 rings (SSSR count). The minimum atomic E-state index is -0.782. The van der Waals surface area contributed by atoms with Crippen molar-refractivity contribution in [3.8, 4) is 0 Å². The van der Waals surface area contributed by atoms with E-state index in [1.54, 1.807) is 0 Å². The smallest absolute Gasteiger partial charge is 0.238 e. The van der Waals surface area contributed by atoms with Crippen molar-refractivity contribution in [2.75, 3.05) is 5.32 Å². The lowest BCUT2D eigenvalue weighted by molar-refractivity contribution is -0.137. The zero-order valence-electron chi connectivity index (χ0n) is 10.0. The number of benzene rings is 1. The third-order valence-corrected chi connectivity index (χ3v) is 3.60. The van der Waals surface area contributed by atoms with Crippen LogP contribution in [0.4, 0.5) is 5.69 Å². The second kappa shape index (κ2) is 4.70. The van der Waals surface area contributed by atoms with Gasteiger partial charge in [-0.25, -0.2) is 0 Å². The van der Waals surface area contributed by atoms with Crippen LogP contribution in [-0.2, 0) is 9.59 Å². The van der Waals surface area contributed by atoms with Gasteiger partial charge in [0.2, 0.25) is 5.91 Å². The molecular formula is C14H17NO2. The Morgan fingerprint density at radius 2 is 1.71 bits per heavy atom. The van der Waals surface area contributed by atoms with Crippen molar-refractivity contribution in [2.24, 2.45) is 5.41 Å². The van der Waals surface area contributed by atoms with Crippen molar-refractivity contribution >= 4 is 17.4 Å². The van der Waals surface area contributed by atoms with Crippen LogP contribution in [0.3, 0.4) is 0 Å². The van der Waals surface area contributed by atoms with Gasteiger partial charge < -0.3 is 5.32 Å². The second-order valence-electron chi connectivity index (χ2n) is 4.67. The van der Waals surface area contributed by atoms with Gasteiger partial charge in [-0.05, 0) is 31.9 Å². The molecule has 1 saturated carbocycles. The van der Waals surface area contributed by atoms with Crippen LogP contribution in [-0.4, -0.2) is 11.7 Å². The summed E-state index contributed by atoms with van der Waals surface area (Å²) in [6.45, 7) is 1.52. The summed E-state index contributed by atoms with van der Waals surface area (Å²) in [7, 11) is 0. The van der Waals surface area contributed by atoms with Crippen LogP contribution in [0.25, 0.3) is 0 Å². The van der Waals surface area contributed by atoms with Gasteiger partial charge in [0.05, 0.1) is 0 Å². The molecule has 17 heavy (non-hydrogen) atoms.